The molecule has 1 aliphatic heterocycles. The number of anilines is 1. The molecule has 0 spiro atoms. The molecular weight excluding hydrogens is 326 g/mol. The van der Waals surface area contributed by atoms with Gasteiger partial charge in [-0.15, -0.1) is 0 Å². The Morgan fingerprint density at radius 1 is 0.923 bits per heavy atom. The summed E-state index contributed by atoms with van der Waals surface area (Å²) in [5.41, 5.74) is 2.65. The second kappa shape index (κ2) is 8.01. The predicted octanol–water partition coefficient (Wildman–Crippen LogP) is 3.12. The number of nitrogens with zero attached hydrogens (tertiary/aromatic N) is 5. The largest absolute Gasteiger partial charge is 0.370 e. The number of ether oxygens (including phenoxy) is 1. The van der Waals surface area contributed by atoms with Crippen LogP contribution in [0.4, 0.5) is 5.95 Å². The minimum Gasteiger partial charge on any atom is -0.370 e. The predicted molar refractivity (Wildman–Crippen MR) is 99.5 cm³/mol. The Morgan fingerprint density at radius 2 is 1.81 bits per heavy atom. The second-order valence-corrected chi connectivity index (χ2v) is 6.30. The third kappa shape index (κ3) is 4.03. The molecule has 0 aliphatic carbocycles. The van der Waals surface area contributed by atoms with Gasteiger partial charge in [-0.3, -0.25) is 9.97 Å². The van der Waals surface area contributed by atoms with Crippen molar-refractivity contribution in [2.24, 2.45) is 0 Å². The molecule has 0 amide bonds. The molecule has 6 heteroatoms. The quantitative estimate of drug-likeness (QED) is 0.707. The normalized spacial score (nSPS) is 17.2. The van der Waals surface area contributed by atoms with Crippen LogP contribution in [-0.2, 0) is 11.3 Å². The van der Waals surface area contributed by atoms with Crippen LogP contribution in [0.2, 0.25) is 0 Å². The van der Waals surface area contributed by atoms with Gasteiger partial charge in [-0.05, 0) is 43.2 Å². The summed E-state index contributed by atoms with van der Waals surface area (Å²) in [4.78, 5) is 20.0. The molecule has 4 heterocycles. The summed E-state index contributed by atoms with van der Waals surface area (Å²) >= 11 is 0. The Hall–Kier alpha value is -2.86. The molecule has 1 fully saturated rings. The Morgan fingerprint density at radius 3 is 2.62 bits per heavy atom. The van der Waals surface area contributed by atoms with E-state index in [4.69, 9.17) is 9.72 Å². The van der Waals surface area contributed by atoms with Gasteiger partial charge < -0.3 is 9.64 Å². The highest BCUT2D eigenvalue weighted by atomic mass is 16.5. The van der Waals surface area contributed by atoms with Crippen molar-refractivity contribution in [1.82, 2.24) is 19.9 Å². The molecule has 1 saturated heterocycles. The molecule has 0 radical (unpaired) electrons. The van der Waals surface area contributed by atoms with E-state index in [1.165, 1.54) is 0 Å². The molecule has 26 heavy (non-hydrogen) atoms. The first kappa shape index (κ1) is 16.6. The monoisotopic (exact) mass is 347 g/mol. The van der Waals surface area contributed by atoms with Crippen molar-refractivity contribution in [3.8, 4) is 11.4 Å². The molecule has 1 aliphatic rings. The van der Waals surface area contributed by atoms with Gasteiger partial charge in [0.2, 0.25) is 5.95 Å². The van der Waals surface area contributed by atoms with Gasteiger partial charge in [-0.2, -0.15) is 0 Å². The highest BCUT2D eigenvalue weighted by molar-refractivity contribution is 5.55. The zero-order valence-electron chi connectivity index (χ0n) is 14.5. The van der Waals surface area contributed by atoms with Crippen molar-refractivity contribution in [3.63, 3.8) is 0 Å². The van der Waals surface area contributed by atoms with Crippen LogP contribution in [0.1, 0.15) is 18.5 Å². The van der Waals surface area contributed by atoms with Crippen LogP contribution in [0.3, 0.4) is 0 Å². The number of hydrogen-bond acceptors (Lipinski definition) is 6. The number of aromatic nitrogens is 4. The van der Waals surface area contributed by atoms with Gasteiger partial charge in [0.1, 0.15) is 0 Å². The van der Waals surface area contributed by atoms with Crippen LogP contribution < -0.4 is 4.90 Å². The number of hydrogen-bond donors (Lipinski definition) is 0. The van der Waals surface area contributed by atoms with Gasteiger partial charge in [0.25, 0.3) is 0 Å². The average Bonchev–Trinajstić information content (AvgIpc) is 2.74. The van der Waals surface area contributed by atoms with E-state index in [0.717, 1.165) is 49.0 Å². The Labute approximate surface area is 152 Å². The molecule has 1 atom stereocenters. The zero-order valence-corrected chi connectivity index (χ0v) is 14.5. The summed E-state index contributed by atoms with van der Waals surface area (Å²) in [5.74, 6) is 0.735. The summed E-state index contributed by atoms with van der Waals surface area (Å²) < 4.78 is 6.06. The van der Waals surface area contributed by atoms with Crippen LogP contribution in [0.25, 0.3) is 11.4 Å². The highest BCUT2D eigenvalue weighted by Gasteiger charge is 2.22. The summed E-state index contributed by atoms with van der Waals surface area (Å²) in [5, 5.41) is 0. The van der Waals surface area contributed by atoms with Gasteiger partial charge >= 0.3 is 0 Å². The maximum Gasteiger partial charge on any atom is 0.225 e. The maximum absolute atomic E-state index is 6.06. The lowest BCUT2D eigenvalue weighted by Gasteiger charge is -2.32. The van der Waals surface area contributed by atoms with Crippen molar-refractivity contribution in [2.75, 3.05) is 18.0 Å². The first-order valence-corrected chi connectivity index (χ1v) is 8.89. The molecule has 6 nitrogen and oxygen atoms in total. The number of pyridine rings is 2. The summed E-state index contributed by atoms with van der Waals surface area (Å²) in [7, 11) is 0. The second-order valence-electron chi connectivity index (χ2n) is 6.30. The van der Waals surface area contributed by atoms with E-state index in [1.807, 2.05) is 42.5 Å². The van der Waals surface area contributed by atoms with Crippen LogP contribution in [0, 0.1) is 0 Å². The first-order chi connectivity index (χ1) is 12.9. The third-order valence-corrected chi connectivity index (χ3v) is 4.42. The van der Waals surface area contributed by atoms with E-state index in [1.54, 1.807) is 18.6 Å². The lowest BCUT2D eigenvalue weighted by molar-refractivity contribution is 0.0295. The standard InChI is InChI=1S/C20H21N5O/c1-3-10-21-16(6-1)15-26-17-7-5-13-25(14-17)20-23-12-9-19(24-20)18-8-2-4-11-22-18/h1-4,6,8-12,17H,5,7,13-15H2/t17-/m0/s1. The minimum atomic E-state index is 0.160. The molecule has 3 aromatic rings. The molecule has 132 valence electrons. The first-order valence-electron chi connectivity index (χ1n) is 8.89. The highest BCUT2D eigenvalue weighted by Crippen LogP contribution is 2.21. The van der Waals surface area contributed by atoms with E-state index >= 15 is 0 Å². The number of rotatable bonds is 5. The van der Waals surface area contributed by atoms with Crippen molar-refractivity contribution in [1.29, 1.82) is 0 Å². The van der Waals surface area contributed by atoms with E-state index in [-0.39, 0.29) is 6.10 Å². The molecule has 4 rings (SSSR count). The van der Waals surface area contributed by atoms with Gasteiger partial charge in [0.15, 0.2) is 0 Å². The zero-order chi connectivity index (χ0) is 17.6. The fraction of sp³-hybridized carbons (Fsp3) is 0.300. The third-order valence-electron chi connectivity index (χ3n) is 4.42. The smallest absolute Gasteiger partial charge is 0.225 e. The summed E-state index contributed by atoms with van der Waals surface area (Å²) in [6.45, 7) is 2.27. The van der Waals surface area contributed by atoms with E-state index in [0.29, 0.717) is 6.61 Å². The van der Waals surface area contributed by atoms with E-state index in [2.05, 4.69) is 19.9 Å². The van der Waals surface area contributed by atoms with Crippen LogP contribution >= 0.6 is 0 Å². The fourth-order valence-electron chi connectivity index (χ4n) is 3.10. The van der Waals surface area contributed by atoms with Gasteiger partial charge in [-0.25, -0.2) is 9.97 Å². The van der Waals surface area contributed by atoms with Crippen molar-refractivity contribution < 1.29 is 4.74 Å². The van der Waals surface area contributed by atoms with E-state index in [9.17, 15) is 0 Å². The Kier molecular flexibility index (Phi) is 5.12. The lowest BCUT2D eigenvalue weighted by Crippen LogP contribution is -2.40. The average molecular weight is 347 g/mol. The Bertz CT molecular complexity index is 828. The molecule has 0 aromatic carbocycles. The molecular formula is C20H21N5O. The molecule has 0 N–H and O–H groups in total. The number of piperidine rings is 1. The van der Waals surface area contributed by atoms with Crippen molar-refractivity contribution >= 4 is 5.95 Å². The van der Waals surface area contributed by atoms with Crippen LogP contribution in [0.5, 0.6) is 0 Å². The van der Waals surface area contributed by atoms with Crippen molar-refractivity contribution in [3.05, 3.63) is 66.7 Å². The molecule has 0 bridgehead atoms. The van der Waals surface area contributed by atoms with E-state index < -0.39 is 0 Å². The van der Waals surface area contributed by atoms with Gasteiger partial charge in [-0.1, -0.05) is 12.1 Å². The summed E-state index contributed by atoms with van der Waals surface area (Å²) in [6, 6.07) is 13.6. The van der Waals surface area contributed by atoms with Gasteiger partial charge in [0, 0.05) is 31.7 Å². The lowest BCUT2D eigenvalue weighted by atomic mass is 10.1. The fourth-order valence-corrected chi connectivity index (χ4v) is 3.10. The molecule has 0 saturated carbocycles. The SMILES string of the molecule is c1ccc(CO[C@H]2CCCN(c3nccc(-c4ccccn4)n3)C2)nc1. The molecule has 0 unspecified atom stereocenters. The maximum atomic E-state index is 6.06. The van der Waals surface area contributed by atoms with Gasteiger partial charge in [0.05, 0.1) is 29.8 Å². The van der Waals surface area contributed by atoms with Crippen molar-refractivity contribution in [2.45, 2.75) is 25.6 Å². The topological polar surface area (TPSA) is 64.0 Å². The minimum absolute atomic E-state index is 0.160. The Balaban J connectivity index is 1.43. The molecule has 3 aromatic heterocycles. The van der Waals surface area contributed by atoms with Crippen LogP contribution in [0.15, 0.2) is 61.1 Å². The van der Waals surface area contributed by atoms with Crippen LogP contribution in [-0.4, -0.2) is 39.1 Å². The summed E-state index contributed by atoms with van der Waals surface area (Å²) in [6.07, 6.45) is 7.63.